The van der Waals surface area contributed by atoms with Crippen molar-refractivity contribution in [3.8, 4) is 17.2 Å². The topological polar surface area (TPSA) is 62.0 Å². The van der Waals surface area contributed by atoms with E-state index in [0.29, 0.717) is 54.0 Å². The van der Waals surface area contributed by atoms with E-state index < -0.39 is 0 Å². The summed E-state index contributed by atoms with van der Waals surface area (Å²) in [4.78, 5) is 18.1. The highest BCUT2D eigenvalue weighted by atomic mass is 79.9. The van der Waals surface area contributed by atoms with Crippen LogP contribution in [0.25, 0.3) is 10.2 Å². The van der Waals surface area contributed by atoms with Gasteiger partial charge >= 0.3 is 0 Å². The molecule has 30 heavy (non-hydrogen) atoms. The van der Waals surface area contributed by atoms with Crippen molar-refractivity contribution in [1.82, 2.24) is 4.57 Å². The van der Waals surface area contributed by atoms with Crippen molar-refractivity contribution in [1.29, 1.82) is 0 Å². The van der Waals surface area contributed by atoms with Gasteiger partial charge in [0.05, 0.1) is 30.0 Å². The van der Waals surface area contributed by atoms with Crippen LogP contribution >= 0.6 is 27.3 Å². The predicted octanol–water partition coefficient (Wildman–Crippen LogP) is 5.42. The fraction of sp³-hybridized carbons (Fsp3) is 0.364. The lowest BCUT2D eigenvalue weighted by atomic mass is 10.1. The van der Waals surface area contributed by atoms with E-state index in [9.17, 15) is 4.79 Å². The molecule has 0 bridgehead atoms. The third-order valence-corrected chi connectivity index (χ3v) is 5.85. The second-order valence-corrected chi connectivity index (χ2v) is 8.18. The maximum atomic E-state index is 13.1. The van der Waals surface area contributed by atoms with Crippen molar-refractivity contribution in [3.63, 3.8) is 0 Å². The molecule has 0 aliphatic rings. The van der Waals surface area contributed by atoms with Crippen LogP contribution in [0.4, 0.5) is 0 Å². The highest BCUT2D eigenvalue weighted by Gasteiger charge is 2.18. The van der Waals surface area contributed by atoms with Gasteiger partial charge in [0.25, 0.3) is 5.91 Å². The number of ether oxygens (including phenoxy) is 3. The van der Waals surface area contributed by atoms with Gasteiger partial charge in [-0.05, 0) is 58.0 Å². The number of benzene rings is 2. The van der Waals surface area contributed by atoms with E-state index in [2.05, 4.69) is 20.9 Å². The number of hydrogen-bond acceptors (Lipinski definition) is 5. The minimum atomic E-state index is -0.354. The monoisotopic (exact) mass is 492 g/mol. The van der Waals surface area contributed by atoms with E-state index in [1.54, 1.807) is 12.1 Å². The summed E-state index contributed by atoms with van der Waals surface area (Å²) in [7, 11) is 0. The molecule has 0 N–H and O–H groups in total. The fourth-order valence-corrected chi connectivity index (χ4v) is 4.75. The quantitative estimate of drug-likeness (QED) is 0.420. The molecule has 0 saturated heterocycles. The maximum Gasteiger partial charge on any atom is 0.279 e. The van der Waals surface area contributed by atoms with Crippen molar-refractivity contribution < 1.29 is 19.0 Å². The lowest BCUT2D eigenvalue weighted by Crippen LogP contribution is -2.16. The molecule has 160 valence electrons. The predicted molar refractivity (Wildman–Crippen MR) is 123 cm³/mol. The molecule has 0 fully saturated rings. The number of carbonyl (C=O) groups excluding carboxylic acids is 1. The Kier molecular flexibility index (Phi) is 7.55. The molecule has 2 aromatic carbocycles. The summed E-state index contributed by atoms with van der Waals surface area (Å²) in [5.41, 5.74) is 1.44. The van der Waals surface area contributed by atoms with Gasteiger partial charge in [-0.15, -0.1) is 0 Å². The molecule has 3 rings (SSSR count). The van der Waals surface area contributed by atoms with Crippen LogP contribution in [0.1, 0.15) is 38.1 Å². The number of hydrogen-bond donors (Lipinski definition) is 0. The zero-order valence-corrected chi connectivity index (χ0v) is 19.9. The maximum absolute atomic E-state index is 13.1. The molecule has 0 aliphatic carbocycles. The van der Waals surface area contributed by atoms with E-state index in [0.717, 1.165) is 14.7 Å². The largest absolute Gasteiger partial charge is 0.490 e. The Labute approximate surface area is 188 Å². The van der Waals surface area contributed by atoms with Crippen LogP contribution in [0.2, 0.25) is 0 Å². The van der Waals surface area contributed by atoms with Gasteiger partial charge < -0.3 is 18.8 Å². The highest BCUT2D eigenvalue weighted by Crippen LogP contribution is 2.39. The van der Waals surface area contributed by atoms with E-state index >= 15 is 0 Å². The Morgan fingerprint density at radius 3 is 2.20 bits per heavy atom. The van der Waals surface area contributed by atoms with Gasteiger partial charge in [-0.3, -0.25) is 4.79 Å². The van der Waals surface area contributed by atoms with Gasteiger partial charge in [-0.1, -0.05) is 27.3 Å². The van der Waals surface area contributed by atoms with Crippen molar-refractivity contribution in [3.05, 3.63) is 45.2 Å². The van der Waals surface area contributed by atoms with Crippen LogP contribution in [-0.2, 0) is 6.54 Å². The van der Waals surface area contributed by atoms with Crippen molar-refractivity contribution in [2.75, 3.05) is 19.8 Å². The summed E-state index contributed by atoms with van der Waals surface area (Å²) in [6.45, 7) is 9.76. The minimum Gasteiger partial charge on any atom is -0.490 e. The van der Waals surface area contributed by atoms with Gasteiger partial charge in [0.1, 0.15) is 0 Å². The zero-order valence-electron chi connectivity index (χ0n) is 17.5. The third-order valence-electron chi connectivity index (χ3n) is 4.31. The van der Waals surface area contributed by atoms with E-state index in [1.165, 1.54) is 11.3 Å². The summed E-state index contributed by atoms with van der Waals surface area (Å²) in [6.07, 6.45) is 0. The molecule has 1 amide bonds. The molecule has 1 heterocycles. The Bertz CT molecular complexity index is 1090. The van der Waals surface area contributed by atoms with Crippen LogP contribution in [0, 0.1) is 0 Å². The number of amides is 1. The molecule has 0 spiro atoms. The first-order valence-electron chi connectivity index (χ1n) is 9.96. The van der Waals surface area contributed by atoms with Crippen LogP contribution in [-0.4, -0.2) is 30.3 Å². The molecular weight excluding hydrogens is 468 g/mol. The van der Waals surface area contributed by atoms with Crippen LogP contribution < -0.4 is 19.0 Å². The zero-order chi connectivity index (χ0) is 21.7. The lowest BCUT2D eigenvalue weighted by molar-refractivity contribution is 0.0996. The standard InChI is InChI=1S/C22H25BrN2O4S/c1-5-25-16-10-9-15(23)13-19(16)30-22(25)24-21(26)14-11-17(27-6-2)20(29-8-4)18(12-14)28-7-3/h9-13H,5-8H2,1-4H3. The highest BCUT2D eigenvalue weighted by molar-refractivity contribution is 9.10. The van der Waals surface area contributed by atoms with Crippen molar-refractivity contribution in [2.24, 2.45) is 4.99 Å². The summed E-state index contributed by atoms with van der Waals surface area (Å²) in [5, 5.41) is 0. The number of carbonyl (C=O) groups is 1. The number of nitrogens with zero attached hydrogens (tertiary/aromatic N) is 2. The number of aromatic nitrogens is 1. The number of aryl methyl sites for hydroxylation is 1. The van der Waals surface area contributed by atoms with E-state index in [1.807, 2.05) is 50.5 Å². The normalized spacial score (nSPS) is 11.7. The van der Waals surface area contributed by atoms with Gasteiger partial charge in [-0.2, -0.15) is 4.99 Å². The molecule has 8 heteroatoms. The van der Waals surface area contributed by atoms with Gasteiger partial charge in [-0.25, -0.2) is 0 Å². The second kappa shape index (κ2) is 10.1. The van der Waals surface area contributed by atoms with Gasteiger partial charge in [0, 0.05) is 16.6 Å². The van der Waals surface area contributed by atoms with E-state index in [-0.39, 0.29) is 5.91 Å². The minimum absolute atomic E-state index is 0.354. The third kappa shape index (κ3) is 4.70. The average Bonchev–Trinajstić information content (AvgIpc) is 3.06. The average molecular weight is 493 g/mol. The Morgan fingerprint density at radius 2 is 1.63 bits per heavy atom. The summed E-state index contributed by atoms with van der Waals surface area (Å²) < 4.78 is 21.2. The van der Waals surface area contributed by atoms with Crippen molar-refractivity contribution in [2.45, 2.75) is 34.2 Å². The molecule has 3 aromatic rings. The first-order chi connectivity index (χ1) is 14.5. The number of halogens is 1. The molecule has 0 atom stereocenters. The lowest BCUT2D eigenvalue weighted by Gasteiger charge is -2.16. The van der Waals surface area contributed by atoms with Crippen molar-refractivity contribution >= 4 is 43.4 Å². The smallest absolute Gasteiger partial charge is 0.279 e. The molecule has 0 unspecified atom stereocenters. The fourth-order valence-electron chi connectivity index (χ4n) is 3.10. The summed E-state index contributed by atoms with van der Waals surface area (Å²) >= 11 is 4.98. The Morgan fingerprint density at radius 1 is 1.00 bits per heavy atom. The van der Waals surface area contributed by atoms with E-state index in [4.69, 9.17) is 14.2 Å². The first-order valence-corrected chi connectivity index (χ1v) is 11.6. The molecule has 0 radical (unpaired) electrons. The van der Waals surface area contributed by atoms with Crippen LogP contribution in [0.15, 0.2) is 39.8 Å². The second-order valence-electron chi connectivity index (χ2n) is 6.26. The Balaban J connectivity index is 2.11. The number of rotatable bonds is 8. The molecule has 0 saturated carbocycles. The van der Waals surface area contributed by atoms with Crippen LogP contribution in [0.3, 0.4) is 0 Å². The van der Waals surface area contributed by atoms with Gasteiger partial charge in [0.2, 0.25) is 5.75 Å². The summed E-state index contributed by atoms with van der Waals surface area (Å²) in [6, 6.07) is 9.39. The molecular formula is C22H25BrN2O4S. The Hall–Kier alpha value is -2.32. The SMILES string of the molecule is CCOc1cc(C(=O)N=c2sc3cc(Br)ccc3n2CC)cc(OCC)c1OCC. The molecule has 6 nitrogen and oxygen atoms in total. The number of fused-ring (bicyclic) bond motifs is 1. The van der Waals surface area contributed by atoms with Gasteiger partial charge in [0.15, 0.2) is 16.3 Å². The summed E-state index contributed by atoms with van der Waals surface area (Å²) in [5.74, 6) is 1.11. The number of thiazole rings is 1. The van der Waals surface area contributed by atoms with Crippen LogP contribution in [0.5, 0.6) is 17.2 Å². The molecule has 1 aromatic heterocycles. The first kappa shape index (κ1) is 22.4. The molecule has 0 aliphatic heterocycles.